The Kier molecular flexibility index (Phi) is 4.93. The highest BCUT2D eigenvalue weighted by atomic mass is 35.5. The summed E-state index contributed by atoms with van der Waals surface area (Å²) in [6.45, 7) is 0. The van der Waals surface area contributed by atoms with Gasteiger partial charge >= 0.3 is 5.30 Å². The summed E-state index contributed by atoms with van der Waals surface area (Å²) in [6.07, 6.45) is 0. The average Bonchev–Trinajstić information content (AvgIpc) is 2.69. The number of thioether (sulfide) groups is 1. The molecule has 0 N–H and O–H groups in total. The number of halogens is 2. The highest BCUT2D eigenvalue weighted by Gasteiger charge is 2.14. The molecular weight excluding hydrogens is 329 g/mol. The number of hydrogen-bond acceptors (Lipinski definition) is 6. The summed E-state index contributed by atoms with van der Waals surface area (Å²) >= 11 is 13.4. The number of ether oxygens (including phenoxy) is 2. The van der Waals surface area contributed by atoms with Crippen molar-refractivity contribution in [3.05, 3.63) is 33.8 Å². The predicted molar refractivity (Wildman–Crippen MR) is 77.0 cm³/mol. The van der Waals surface area contributed by atoms with E-state index in [-0.39, 0.29) is 5.15 Å². The van der Waals surface area contributed by atoms with Gasteiger partial charge in [-0.15, -0.1) is 0 Å². The largest absolute Gasteiger partial charge is 0.497 e. The third-order valence-corrected chi connectivity index (χ3v) is 4.51. The molecule has 2 aromatic rings. The second kappa shape index (κ2) is 6.47. The minimum atomic E-state index is -0.507. The molecule has 19 heavy (non-hydrogen) atoms. The number of benzene rings is 1. The zero-order chi connectivity index (χ0) is 13.8. The molecule has 0 fully saturated rings. The van der Waals surface area contributed by atoms with Crippen LogP contribution in [0.3, 0.4) is 0 Å². The van der Waals surface area contributed by atoms with Crippen LogP contribution in [0, 0.1) is 0 Å². The average molecular weight is 336 g/mol. The first-order chi connectivity index (χ1) is 9.08. The maximum Gasteiger partial charge on any atom is 0.379 e. The molecule has 1 aromatic heterocycles. The van der Waals surface area contributed by atoms with E-state index in [0.29, 0.717) is 20.2 Å². The Bertz CT molecular complexity index is 567. The zero-order valence-electron chi connectivity index (χ0n) is 9.55. The quantitative estimate of drug-likeness (QED) is 0.598. The Labute approximate surface area is 127 Å². The minimum absolute atomic E-state index is 0.186. The Morgan fingerprint density at radius 3 is 2.42 bits per heavy atom. The van der Waals surface area contributed by atoms with Gasteiger partial charge in [0.2, 0.25) is 0 Å². The Morgan fingerprint density at radius 2 is 1.89 bits per heavy atom. The first-order valence-electron chi connectivity index (χ1n) is 4.94. The van der Waals surface area contributed by atoms with Gasteiger partial charge < -0.3 is 9.47 Å². The van der Waals surface area contributed by atoms with E-state index in [1.165, 1.54) is 0 Å². The molecule has 1 aromatic carbocycles. The van der Waals surface area contributed by atoms with Gasteiger partial charge in [-0.1, -0.05) is 34.5 Å². The van der Waals surface area contributed by atoms with Crippen LogP contribution in [-0.2, 0) is 0 Å². The molecule has 0 radical (unpaired) electrons. The van der Waals surface area contributed by atoms with Gasteiger partial charge in [0.1, 0.15) is 15.8 Å². The van der Waals surface area contributed by atoms with Gasteiger partial charge in [-0.2, -0.15) is 0 Å². The molecule has 0 amide bonds. The summed E-state index contributed by atoms with van der Waals surface area (Å²) in [5.74, 6) is 1.11. The fourth-order valence-corrected chi connectivity index (χ4v) is 3.30. The summed E-state index contributed by atoms with van der Waals surface area (Å²) < 4.78 is 10.9. The summed E-state index contributed by atoms with van der Waals surface area (Å²) in [5, 5.41) is -0.321. The molecule has 0 saturated carbocycles. The fourth-order valence-electron chi connectivity index (χ4n) is 1.14. The van der Waals surface area contributed by atoms with Gasteiger partial charge in [-0.05, 0) is 24.3 Å². The molecule has 2 rings (SSSR count). The van der Waals surface area contributed by atoms with Crippen LogP contribution in [0.1, 0.15) is 0 Å². The van der Waals surface area contributed by atoms with E-state index >= 15 is 0 Å². The van der Waals surface area contributed by atoms with E-state index in [1.54, 1.807) is 31.4 Å². The summed E-state index contributed by atoms with van der Waals surface area (Å²) in [6, 6.07) is 6.67. The number of nitrogens with zero attached hydrogens (tertiary/aromatic N) is 1. The Morgan fingerprint density at radius 1 is 1.26 bits per heavy atom. The molecule has 0 unspecified atom stereocenters. The minimum Gasteiger partial charge on any atom is -0.497 e. The molecule has 0 atom stereocenters. The van der Waals surface area contributed by atoms with Gasteiger partial charge in [-0.25, -0.2) is 9.78 Å². The zero-order valence-corrected chi connectivity index (χ0v) is 12.7. The van der Waals surface area contributed by atoms with E-state index in [2.05, 4.69) is 4.98 Å². The third kappa shape index (κ3) is 4.01. The summed E-state index contributed by atoms with van der Waals surface area (Å²) in [7, 11) is 1.56. The highest BCUT2D eigenvalue weighted by molar-refractivity contribution is 8.14. The van der Waals surface area contributed by atoms with Crippen LogP contribution >= 0.6 is 46.3 Å². The first kappa shape index (κ1) is 14.5. The first-order valence-corrected chi connectivity index (χ1v) is 7.33. The molecule has 8 heteroatoms. The second-order valence-electron chi connectivity index (χ2n) is 3.17. The number of carbonyl (C=O) groups excluding carboxylic acids is 1. The number of hydrogen-bond donors (Lipinski definition) is 0. The van der Waals surface area contributed by atoms with E-state index in [9.17, 15) is 4.79 Å². The van der Waals surface area contributed by atoms with Gasteiger partial charge in [0, 0.05) is 11.8 Å². The number of thiazole rings is 1. The molecule has 0 spiro atoms. The third-order valence-electron chi connectivity index (χ3n) is 1.96. The van der Waals surface area contributed by atoms with Crippen molar-refractivity contribution in [3.63, 3.8) is 0 Å². The van der Waals surface area contributed by atoms with Crippen LogP contribution in [0.15, 0.2) is 28.6 Å². The molecule has 4 nitrogen and oxygen atoms in total. The molecule has 0 aliphatic heterocycles. The second-order valence-corrected chi connectivity index (χ2v) is 6.32. The number of rotatable bonds is 3. The number of carbonyl (C=O) groups is 1. The van der Waals surface area contributed by atoms with Crippen molar-refractivity contribution in [2.24, 2.45) is 0 Å². The fraction of sp³-hybridized carbons (Fsp3) is 0.0909. The SMILES string of the molecule is COc1ccc(OC(=O)Sc2nc(Cl)c(Cl)s2)cc1. The Hall–Kier alpha value is -0.950. The van der Waals surface area contributed by atoms with E-state index < -0.39 is 5.30 Å². The highest BCUT2D eigenvalue weighted by Crippen LogP contribution is 2.34. The molecule has 100 valence electrons. The van der Waals surface area contributed by atoms with E-state index in [4.69, 9.17) is 32.7 Å². The van der Waals surface area contributed by atoms with Crippen molar-refractivity contribution < 1.29 is 14.3 Å². The number of aromatic nitrogens is 1. The maximum atomic E-state index is 11.6. The van der Waals surface area contributed by atoms with Crippen LogP contribution in [0.5, 0.6) is 11.5 Å². The van der Waals surface area contributed by atoms with Gasteiger partial charge in [-0.3, -0.25) is 0 Å². The summed E-state index contributed by atoms with van der Waals surface area (Å²) in [4.78, 5) is 15.6. The van der Waals surface area contributed by atoms with Crippen LogP contribution in [0.4, 0.5) is 4.79 Å². The predicted octanol–water partition coefficient (Wildman–Crippen LogP) is 4.75. The van der Waals surface area contributed by atoms with Gasteiger partial charge in [0.25, 0.3) is 0 Å². The van der Waals surface area contributed by atoms with Crippen molar-refractivity contribution >= 4 is 51.6 Å². The molecule has 0 aliphatic rings. The normalized spacial score (nSPS) is 10.3. The van der Waals surface area contributed by atoms with Crippen LogP contribution in [-0.4, -0.2) is 17.4 Å². The topological polar surface area (TPSA) is 48.4 Å². The lowest BCUT2D eigenvalue weighted by atomic mass is 10.3. The van der Waals surface area contributed by atoms with Crippen LogP contribution in [0.25, 0.3) is 0 Å². The van der Waals surface area contributed by atoms with Gasteiger partial charge in [0.15, 0.2) is 9.49 Å². The van der Waals surface area contributed by atoms with Crippen molar-refractivity contribution in [2.75, 3.05) is 7.11 Å². The molecule has 0 saturated heterocycles. The van der Waals surface area contributed by atoms with Crippen LogP contribution in [0.2, 0.25) is 9.49 Å². The smallest absolute Gasteiger partial charge is 0.379 e. The molecule has 1 heterocycles. The lowest BCUT2D eigenvalue weighted by molar-refractivity contribution is 0.227. The van der Waals surface area contributed by atoms with Crippen LogP contribution < -0.4 is 9.47 Å². The lowest BCUT2D eigenvalue weighted by Crippen LogP contribution is -2.00. The Balaban J connectivity index is 1.96. The summed E-state index contributed by atoms with van der Waals surface area (Å²) in [5.41, 5.74) is 0. The van der Waals surface area contributed by atoms with E-state index in [0.717, 1.165) is 23.1 Å². The van der Waals surface area contributed by atoms with Crippen molar-refractivity contribution in [1.29, 1.82) is 0 Å². The monoisotopic (exact) mass is 335 g/mol. The standard InChI is InChI=1S/C11H7Cl2NO3S2/c1-16-6-2-4-7(5-3-6)17-11(15)19-10-14-8(12)9(13)18-10/h2-5H,1H3. The lowest BCUT2D eigenvalue weighted by Gasteiger charge is -2.03. The molecule has 0 bridgehead atoms. The molecule has 0 aliphatic carbocycles. The maximum absolute atomic E-state index is 11.6. The molecular formula is C11H7Cl2NO3S2. The van der Waals surface area contributed by atoms with Gasteiger partial charge in [0.05, 0.1) is 7.11 Å². The van der Waals surface area contributed by atoms with Crippen molar-refractivity contribution in [1.82, 2.24) is 4.98 Å². The van der Waals surface area contributed by atoms with E-state index in [1.807, 2.05) is 0 Å². The number of methoxy groups -OCH3 is 1. The van der Waals surface area contributed by atoms with Crippen molar-refractivity contribution in [2.45, 2.75) is 4.34 Å². The van der Waals surface area contributed by atoms with Crippen molar-refractivity contribution in [3.8, 4) is 11.5 Å².